The lowest BCUT2D eigenvalue weighted by atomic mass is 9.92. The van der Waals surface area contributed by atoms with E-state index in [0.717, 1.165) is 19.5 Å². The van der Waals surface area contributed by atoms with Crippen molar-refractivity contribution >= 4 is 10.0 Å². The topological polar surface area (TPSA) is 40.6 Å². The smallest absolute Gasteiger partial charge is 0.217 e. The maximum absolute atomic E-state index is 12.2. The van der Waals surface area contributed by atoms with Crippen LogP contribution in [0.4, 0.5) is 0 Å². The molecule has 0 N–H and O–H groups in total. The van der Waals surface area contributed by atoms with Crippen LogP contribution in [-0.2, 0) is 10.0 Å². The predicted octanol–water partition coefficient (Wildman–Crippen LogP) is 0.503. The van der Waals surface area contributed by atoms with Gasteiger partial charge in [0.25, 0.3) is 0 Å². The highest BCUT2D eigenvalue weighted by atomic mass is 32.2. The molecule has 3 heterocycles. The number of piperidine rings is 1. The minimum absolute atomic E-state index is 0.230. The molecule has 3 atom stereocenters. The fraction of sp³-hybridized carbons (Fsp3) is 1.00. The summed E-state index contributed by atoms with van der Waals surface area (Å²) < 4.78 is 26.1. The van der Waals surface area contributed by atoms with Crippen molar-refractivity contribution in [2.75, 3.05) is 20.1 Å². The van der Waals surface area contributed by atoms with E-state index >= 15 is 0 Å². The molecule has 0 aromatic carbocycles. The molecular formula is C10H20N2O2S. The van der Waals surface area contributed by atoms with Crippen LogP contribution in [0.25, 0.3) is 0 Å². The van der Waals surface area contributed by atoms with Gasteiger partial charge in [0.15, 0.2) is 0 Å². The highest BCUT2D eigenvalue weighted by Crippen LogP contribution is 2.36. The summed E-state index contributed by atoms with van der Waals surface area (Å²) in [6.45, 7) is 5.54. The average Bonchev–Trinajstić information content (AvgIpc) is 2.14. The van der Waals surface area contributed by atoms with Crippen LogP contribution in [-0.4, -0.2) is 55.1 Å². The Morgan fingerprint density at radius 1 is 1.33 bits per heavy atom. The Kier molecular flexibility index (Phi) is 2.81. The van der Waals surface area contributed by atoms with Gasteiger partial charge in [-0.2, -0.15) is 4.31 Å². The van der Waals surface area contributed by atoms with Gasteiger partial charge >= 0.3 is 0 Å². The van der Waals surface area contributed by atoms with Crippen molar-refractivity contribution in [1.82, 2.24) is 9.21 Å². The molecule has 4 nitrogen and oxygen atoms in total. The Morgan fingerprint density at radius 2 is 1.87 bits per heavy atom. The maximum Gasteiger partial charge on any atom is 0.217 e. The van der Waals surface area contributed by atoms with E-state index in [9.17, 15) is 8.42 Å². The molecule has 88 valence electrons. The molecule has 0 amide bonds. The number of hydrogen-bond acceptors (Lipinski definition) is 3. The zero-order valence-corrected chi connectivity index (χ0v) is 10.5. The molecule has 0 aromatic heterocycles. The zero-order chi connectivity index (χ0) is 11.2. The molecule has 3 saturated heterocycles. The number of likely N-dealkylation sites (N-methyl/N-ethyl adjacent to an activating group) is 1. The van der Waals surface area contributed by atoms with Gasteiger partial charge in [0, 0.05) is 25.2 Å². The van der Waals surface area contributed by atoms with Crippen LogP contribution < -0.4 is 0 Å². The molecule has 0 aliphatic carbocycles. The maximum atomic E-state index is 12.2. The number of rotatable bonds is 3. The lowest BCUT2D eigenvalue weighted by Gasteiger charge is -2.55. The van der Waals surface area contributed by atoms with E-state index in [-0.39, 0.29) is 17.3 Å². The Balaban J connectivity index is 2.14. The second-order valence-electron chi connectivity index (χ2n) is 4.86. The average molecular weight is 232 g/mol. The van der Waals surface area contributed by atoms with Gasteiger partial charge in [-0.05, 0) is 26.8 Å². The van der Waals surface area contributed by atoms with Crippen LogP contribution in [0.1, 0.15) is 26.7 Å². The summed E-state index contributed by atoms with van der Waals surface area (Å²) >= 11 is 0. The first-order valence-electron chi connectivity index (χ1n) is 5.67. The normalized spacial score (nSPS) is 34.9. The molecule has 3 rings (SSSR count). The van der Waals surface area contributed by atoms with E-state index in [1.165, 1.54) is 0 Å². The molecule has 0 radical (unpaired) electrons. The lowest BCUT2D eigenvalue weighted by molar-refractivity contribution is 0.00491. The second-order valence-corrected chi connectivity index (χ2v) is 7.11. The van der Waals surface area contributed by atoms with Crippen LogP contribution in [0, 0.1) is 0 Å². The van der Waals surface area contributed by atoms with Crippen LogP contribution in [0.2, 0.25) is 0 Å². The summed E-state index contributed by atoms with van der Waals surface area (Å²) in [5, 5.41) is -0.230. The van der Waals surface area contributed by atoms with E-state index < -0.39 is 10.0 Å². The van der Waals surface area contributed by atoms with Crippen molar-refractivity contribution in [3.8, 4) is 0 Å². The van der Waals surface area contributed by atoms with Crippen LogP contribution in [0.15, 0.2) is 0 Å². The van der Waals surface area contributed by atoms with Gasteiger partial charge in [-0.1, -0.05) is 6.92 Å². The van der Waals surface area contributed by atoms with Crippen molar-refractivity contribution in [2.24, 2.45) is 0 Å². The highest BCUT2D eigenvalue weighted by molar-refractivity contribution is 7.89. The van der Waals surface area contributed by atoms with Crippen LogP contribution in [0.3, 0.4) is 0 Å². The van der Waals surface area contributed by atoms with Gasteiger partial charge in [-0.25, -0.2) is 8.42 Å². The summed E-state index contributed by atoms with van der Waals surface area (Å²) in [7, 11) is -0.966. The van der Waals surface area contributed by atoms with Gasteiger partial charge in [0.1, 0.15) is 0 Å². The Hall–Kier alpha value is -0.130. The van der Waals surface area contributed by atoms with Gasteiger partial charge in [0.2, 0.25) is 10.0 Å². The zero-order valence-electron chi connectivity index (χ0n) is 9.68. The fourth-order valence-corrected chi connectivity index (χ4v) is 4.59. The standard InChI is InChI=1S/C10H20N2O2S/c1-4-8(2)15(13,14)12-9-5-10(12)7-11(3)6-9/h8-10H,4-7H2,1-3H3. The summed E-state index contributed by atoms with van der Waals surface area (Å²) in [5.74, 6) is 0. The molecule has 3 unspecified atom stereocenters. The molecule has 2 bridgehead atoms. The number of piperazine rings is 1. The second kappa shape index (κ2) is 3.71. The van der Waals surface area contributed by atoms with Gasteiger partial charge in [0.05, 0.1) is 5.25 Å². The van der Waals surface area contributed by atoms with E-state index in [1.807, 2.05) is 13.8 Å². The van der Waals surface area contributed by atoms with E-state index in [4.69, 9.17) is 0 Å². The third-order valence-electron chi connectivity index (χ3n) is 3.69. The van der Waals surface area contributed by atoms with Crippen molar-refractivity contribution in [2.45, 2.75) is 44.0 Å². The Bertz CT molecular complexity index is 329. The Morgan fingerprint density at radius 3 is 2.33 bits per heavy atom. The number of sulfonamides is 1. The first-order valence-corrected chi connectivity index (χ1v) is 7.18. The third kappa shape index (κ3) is 1.70. The molecule has 3 aliphatic rings. The SMILES string of the molecule is CCC(C)S(=O)(=O)N1C2CC1CN(C)C2. The van der Waals surface area contributed by atoms with Crippen LogP contribution >= 0.6 is 0 Å². The summed E-state index contributed by atoms with van der Waals surface area (Å²) in [6, 6.07) is 0.487. The lowest BCUT2D eigenvalue weighted by Crippen LogP contribution is -2.70. The van der Waals surface area contributed by atoms with Gasteiger partial charge < -0.3 is 4.90 Å². The van der Waals surface area contributed by atoms with E-state index in [0.29, 0.717) is 6.42 Å². The van der Waals surface area contributed by atoms with Crippen molar-refractivity contribution < 1.29 is 8.42 Å². The molecule has 0 spiro atoms. The fourth-order valence-electron chi connectivity index (χ4n) is 2.62. The van der Waals surface area contributed by atoms with Crippen molar-refractivity contribution in [3.63, 3.8) is 0 Å². The van der Waals surface area contributed by atoms with Gasteiger partial charge in [-0.15, -0.1) is 0 Å². The molecule has 5 heteroatoms. The van der Waals surface area contributed by atoms with E-state index in [1.54, 1.807) is 4.31 Å². The molecule has 3 aliphatic heterocycles. The third-order valence-corrected chi connectivity index (χ3v) is 6.22. The monoisotopic (exact) mass is 232 g/mol. The largest absolute Gasteiger partial charge is 0.303 e. The van der Waals surface area contributed by atoms with E-state index in [2.05, 4.69) is 11.9 Å². The minimum atomic E-state index is -3.03. The summed E-state index contributed by atoms with van der Waals surface area (Å²) in [5.41, 5.74) is 0. The first kappa shape index (κ1) is 11.4. The summed E-state index contributed by atoms with van der Waals surface area (Å²) in [4.78, 5) is 2.22. The minimum Gasteiger partial charge on any atom is -0.303 e. The van der Waals surface area contributed by atoms with Crippen molar-refractivity contribution in [1.29, 1.82) is 0 Å². The Labute approximate surface area is 92.3 Å². The van der Waals surface area contributed by atoms with Crippen molar-refractivity contribution in [3.05, 3.63) is 0 Å². The quantitative estimate of drug-likeness (QED) is 0.711. The molecule has 3 fully saturated rings. The summed E-state index contributed by atoms with van der Waals surface area (Å²) in [6.07, 6.45) is 1.76. The molecule has 15 heavy (non-hydrogen) atoms. The van der Waals surface area contributed by atoms with Gasteiger partial charge in [-0.3, -0.25) is 0 Å². The molecule has 0 saturated carbocycles. The number of hydrogen-bond donors (Lipinski definition) is 0. The van der Waals surface area contributed by atoms with Crippen LogP contribution in [0.5, 0.6) is 0 Å². The number of nitrogens with zero attached hydrogens (tertiary/aromatic N) is 2. The predicted molar refractivity (Wildman–Crippen MR) is 60.2 cm³/mol. The number of fused-ring (bicyclic) bond motifs is 2. The molecular weight excluding hydrogens is 212 g/mol. The first-order chi connectivity index (χ1) is 6.96. The molecule has 0 aromatic rings. The highest BCUT2D eigenvalue weighted by Gasteiger charge is 2.50.